The summed E-state index contributed by atoms with van der Waals surface area (Å²) in [5, 5.41) is 13.6. The van der Waals surface area contributed by atoms with Crippen molar-refractivity contribution in [1.29, 1.82) is 0 Å². The molecule has 1 aromatic heterocycles. The first-order chi connectivity index (χ1) is 19.4. The molecule has 0 bridgehead atoms. The molecule has 0 radical (unpaired) electrons. The molecule has 1 atom stereocenters. The lowest BCUT2D eigenvalue weighted by molar-refractivity contribution is 0.0445. The lowest BCUT2D eigenvalue weighted by Gasteiger charge is -2.40. The minimum atomic E-state index is -0.704. The van der Waals surface area contributed by atoms with Gasteiger partial charge in [-0.05, 0) is 88.4 Å². The zero-order valence-electron chi connectivity index (χ0n) is 24.2. The van der Waals surface area contributed by atoms with E-state index in [1.54, 1.807) is 0 Å². The van der Waals surface area contributed by atoms with Crippen molar-refractivity contribution in [2.75, 3.05) is 49.1 Å². The Hall–Kier alpha value is -2.90. The molecule has 3 aromatic rings. The highest BCUT2D eigenvalue weighted by Gasteiger charge is 2.45. The van der Waals surface area contributed by atoms with Crippen LogP contribution in [-0.4, -0.2) is 70.4 Å². The Bertz CT molecular complexity index is 1390. The first-order valence-corrected chi connectivity index (χ1v) is 15.5. The molecule has 7 nitrogen and oxygen atoms in total. The van der Waals surface area contributed by atoms with E-state index in [4.69, 9.17) is 14.7 Å². The fourth-order valence-electron chi connectivity index (χ4n) is 7.94. The molecule has 1 N–H and O–H groups in total. The molecule has 212 valence electrons. The number of benzene rings is 2. The highest BCUT2D eigenvalue weighted by Crippen LogP contribution is 2.40. The van der Waals surface area contributed by atoms with Crippen LogP contribution in [0.15, 0.2) is 36.4 Å². The third kappa shape index (κ3) is 4.61. The van der Waals surface area contributed by atoms with E-state index in [0.29, 0.717) is 19.2 Å². The van der Waals surface area contributed by atoms with Gasteiger partial charge in [0.25, 0.3) is 0 Å². The van der Waals surface area contributed by atoms with Gasteiger partial charge in [-0.2, -0.15) is 9.97 Å². The zero-order valence-corrected chi connectivity index (χ0v) is 24.2. The molecule has 0 aliphatic carbocycles. The maximum Gasteiger partial charge on any atom is 0.318 e. The highest BCUT2D eigenvalue weighted by molar-refractivity contribution is 5.97. The number of aliphatic hydroxyl groups is 1. The number of ether oxygens (including phenoxy) is 1. The molecule has 0 saturated carbocycles. The predicted molar refractivity (Wildman–Crippen MR) is 160 cm³/mol. The third-order valence-electron chi connectivity index (χ3n) is 9.97. The Morgan fingerprint density at radius 1 is 0.925 bits per heavy atom. The van der Waals surface area contributed by atoms with Crippen LogP contribution in [-0.2, 0) is 19.4 Å². The van der Waals surface area contributed by atoms with Crippen LogP contribution >= 0.6 is 0 Å². The quantitative estimate of drug-likeness (QED) is 0.465. The summed E-state index contributed by atoms with van der Waals surface area (Å²) in [6.07, 6.45) is 8.59. The summed E-state index contributed by atoms with van der Waals surface area (Å²) < 4.78 is 6.52. The van der Waals surface area contributed by atoms with Gasteiger partial charge in [-0.3, -0.25) is 4.90 Å². The van der Waals surface area contributed by atoms with Crippen LogP contribution in [0.2, 0.25) is 0 Å². The molecule has 0 amide bonds. The Morgan fingerprint density at radius 2 is 1.70 bits per heavy atom. The minimum Gasteiger partial charge on any atom is -0.461 e. The van der Waals surface area contributed by atoms with Crippen LogP contribution in [0, 0.1) is 0 Å². The third-order valence-corrected chi connectivity index (χ3v) is 9.97. The second-order valence-corrected chi connectivity index (χ2v) is 12.8. The van der Waals surface area contributed by atoms with Crippen molar-refractivity contribution in [3.8, 4) is 6.01 Å². The second kappa shape index (κ2) is 10.2. The molecule has 3 saturated heterocycles. The number of piperidine rings is 1. The van der Waals surface area contributed by atoms with Crippen LogP contribution in [0.5, 0.6) is 6.01 Å². The van der Waals surface area contributed by atoms with E-state index >= 15 is 0 Å². The molecule has 7 heteroatoms. The van der Waals surface area contributed by atoms with Crippen LogP contribution in [0.3, 0.4) is 0 Å². The first-order valence-electron chi connectivity index (χ1n) is 15.5. The van der Waals surface area contributed by atoms with Crippen LogP contribution < -0.4 is 14.5 Å². The predicted octanol–water partition coefficient (Wildman–Crippen LogP) is 5.11. The average molecular weight is 542 g/mol. The monoisotopic (exact) mass is 541 g/mol. The Balaban J connectivity index is 1.24. The van der Waals surface area contributed by atoms with Gasteiger partial charge in [0.15, 0.2) is 0 Å². The van der Waals surface area contributed by atoms with Crippen molar-refractivity contribution in [1.82, 2.24) is 14.9 Å². The fourth-order valence-corrected chi connectivity index (χ4v) is 7.94. The van der Waals surface area contributed by atoms with Crippen molar-refractivity contribution in [2.45, 2.75) is 82.9 Å². The zero-order chi connectivity index (χ0) is 27.3. The van der Waals surface area contributed by atoms with Crippen molar-refractivity contribution in [2.24, 2.45) is 0 Å². The van der Waals surface area contributed by atoms with Gasteiger partial charge in [-0.15, -0.1) is 0 Å². The van der Waals surface area contributed by atoms with Crippen LogP contribution in [0.4, 0.5) is 11.5 Å². The van der Waals surface area contributed by atoms with Crippen molar-refractivity contribution in [3.05, 3.63) is 53.2 Å². The number of aromatic nitrogens is 2. The Labute approximate surface area is 238 Å². The molecule has 0 spiro atoms. The van der Waals surface area contributed by atoms with E-state index in [-0.39, 0.29) is 5.54 Å². The van der Waals surface area contributed by atoms with Gasteiger partial charge in [-0.25, -0.2) is 0 Å². The molecule has 4 aliphatic heterocycles. The lowest BCUT2D eigenvalue weighted by atomic mass is 9.94. The Morgan fingerprint density at radius 3 is 2.48 bits per heavy atom. The number of nitrogens with zero attached hydrogens (tertiary/aromatic N) is 5. The van der Waals surface area contributed by atoms with E-state index in [9.17, 15) is 5.11 Å². The molecule has 40 heavy (non-hydrogen) atoms. The van der Waals surface area contributed by atoms with E-state index in [2.05, 4.69) is 58.0 Å². The summed E-state index contributed by atoms with van der Waals surface area (Å²) in [5.41, 5.74) is 4.41. The van der Waals surface area contributed by atoms with Gasteiger partial charge in [0.05, 0.1) is 23.4 Å². The summed E-state index contributed by atoms with van der Waals surface area (Å²) in [4.78, 5) is 17.6. The molecular formula is C33H43N5O2. The molecule has 5 heterocycles. The summed E-state index contributed by atoms with van der Waals surface area (Å²) >= 11 is 0. The maximum atomic E-state index is 10.9. The van der Waals surface area contributed by atoms with Crippen LogP contribution in [0.1, 0.15) is 69.2 Å². The first kappa shape index (κ1) is 26.0. The topological polar surface area (TPSA) is 65.0 Å². The number of hydrogen-bond acceptors (Lipinski definition) is 7. The van der Waals surface area contributed by atoms with E-state index in [0.717, 1.165) is 56.8 Å². The van der Waals surface area contributed by atoms with E-state index < -0.39 is 5.60 Å². The van der Waals surface area contributed by atoms with Gasteiger partial charge < -0.3 is 19.6 Å². The molecular weight excluding hydrogens is 498 g/mol. The number of rotatable bonds is 6. The lowest BCUT2D eigenvalue weighted by Crippen LogP contribution is -2.47. The Kier molecular flexibility index (Phi) is 6.62. The summed E-state index contributed by atoms with van der Waals surface area (Å²) in [6.45, 7) is 10.4. The molecule has 4 aliphatic rings. The largest absolute Gasteiger partial charge is 0.461 e. The fraction of sp³-hybridized carbons (Fsp3) is 0.576. The minimum absolute atomic E-state index is 0.153. The second-order valence-electron chi connectivity index (χ2n) is 12.8. The van der Waals surface area contributed by atoms with Crippen molar-refractivity contribution < 1.29 is 9.84 Å². The smallest absolute Gasteiger partial charge is 0.318 e. The maximum absolute atomic E-state index is 10.9. The highest BCUT2D eigenvalue weighted by atomic mass is 16.5. The number of hydrogen-bond donors (Lipinski definition) is 1. The molecule has 1 unspecified atom stereocenters. The summed E-state index contributed by atoms with van der Waals surface area (Å²) in [6, 6.07) is 13.8. The van der Waals surface area contributed by atoms with E-state index in [1.165, 1.54) is 66.4 Å². The van der Waals surface area contributed by atoms with Crippen LogP contribution in [0.25, 0.3) is 10.8 Å². The molecule has 2 aromatic carbocycles. The summed E-state index contributed by atoms with van der Waals surface area (Å²) in [7, 11) is 0. The number of anilines is 2. The number of fused-ring (bicyclic) bond motifs is 3. The molecule has 3 fully saturated rings. The van der Waals surface area contributed by atoms with Gasteiger partial charge in [0.2, 0.25) is 0 Å². The number of β-amino-alcohol motifs (C(OH)–C–C–N with tert-alkyl or cyclic N) is 1. The van der Waals surface area contributed by atoms with Crippen molar-refractivity contribution in [3.63, 3.8) is 0 Å². The normalized spacial score (nSPS) is 24.4. The average Bonchev–Trinajstić information content (AvgIpc) is 3.55. The number of aryl methyl sites for hydroxylation is 1. The summed E-state index contributed by atoms with van der Waals surface area (Å²) in [5.74, 6) is 0.971. The van der Waals surface area contributed by atoms with Gasteiger partial charge in [0, 0.05) is 36.3 Å². The van der Waals surface area contributed by atoms with Gasteiger partial charge in [-0.1, -0.05) is 37.3 Å². The van der Waals surface area contributed by atoms with Gasteiger partial charge >= 0.3 is 6.01 Å². The van der Waals surface area contributed by atoms with E-state index in [1.807, 2.05) is 6.92 Å². The van der Waals surface area contributed by atoms with Crippen molar-refractivity contribution >= 4 is 22.3 Å². The SMILES string of the molecule is CCc1cccc2cccc(N3CCc4c(nc(OCC56CCCN5CCC6)nc4N4CCCC(C)(O)C4)C3)c12. The molecule has 7 rings (SSSR count). The standard InChI is InChI=1S/C33H43N5O2/c1-3-24-9-4-10-25-11-5-12-28(29(24)25)36-20-13-26-27(21-36)34-31(35-30(26)37-17-6-14-32(2,39)22-37)40-23-33-15-7-18-38(33)19-8-16-33/h4-5,9-12,39H,3,6-8,13-23H2,1-2H3. The van der Waals surface area contributed by atoms with Gasteiger partial charge in [0.1, 0.15) is 12.4 Å².